The summed E-state index contributed by atoms with van der Waals surface area (Å²) in [6.45, 7) is 1.75. The highest BCUT2D eigenvalue weighted by Gasteiger charge is 2.40. The van der Waals surface area contributed by atoms with Crippen LogP contribution in [0.4, 0.5) is 4.39 Å². The monoisotopic (exact) mass is 424 g/mol. The lowest BCUT2D eigenvalue weighted by Gasteiger charge is -2.27. The van der Waals surface area contributed by atoms with Crippen LogP contribution in [0.3, 0.4) is 0 Å². The fourth-order valence-corrected chi connectivity index (χ4v) is 4.01. The number of hydrogen-bond acceptors (Lipinski definition) is 5. The Kier molecular flexibility index (Phi) is 5.45. The number of rotatable bonds is 5. The van der Waals surface area contributed by atoms with E-state index in [9.17, 15) is 14.0 Å². The molecule has 2 aromatic heterocycles. The van der Waals surface area contributed by atoms with Crippen molar-refractivity contribution in [3.63, 3.8) is 0 Å². The van der Waals surface area contributed by atoms with Crippen molar-refractivity contribution in [2.45, 2.75) is 31.0 Å². The molecule has 0 radical (unpaired) electrons. The lowest BCUT2D eigenvalue weighted by Crippen LogP contribution is -2.50. The Hall–Kier alpha value is -3.33. The SMILES string of the molecule is CNC(=O)[C@@H](c1ccc(-c2ccc3ncnn3c2)cc1)[C@H](N)C(=O)N1CC[C@](C)(F)C1. The van der Waals surface area contributed by atoms with Crippen LogP contribution in [-0.2, 0) is 9.59 Å². The van der Waals surface area contributed by atoms with Gasteiger partial charge in [0.25, 0.3) is 0 Å². The minimum atomic E-state index is -1.43. The molecular weight excluding hydrogens is 399 g/mol. The Balaban J connectivity index is 1.59. The number of alkyl halides is 1. The summed E-state index contributed by atoms with van der Waals surface area (Å²) in [5.74, 6) is -1.66. The maximum Gasteiger partial charge on any atom is 0.240 e. The number of fused-ring (bicyclic) bond motifs is 1. The molecule has 0 aliphatic carbocycles. The Morgan fingerprint density at radius 3 is 2.55 bits per heavy atom. The van der Waals surface area contributed by atoms with Gasteiger partial charge in [0.2, 0.25) is 11.8 Å². The van der Waals surface area contributed by atoms with E-state index in [0.717, 1.165) is 16.8 Å². The van der Waals surface area contributed by atoms with Crippen molar-refractivity contribution in [3.8, 4) is 11.1 Å². The highest BCUT2D eigenvalue weighted by Crippen LogP contribution is 2.29. The molecule has 1 saturated heterocycles. The third-order valence-electron chi connectivity index (χ3n) is 5.79. The first kappa shape index (κ1) is 20.9. The maximum absolute atomic E-state index is 14.2. The summed E-state index contributed by atoms with van der Waals surface area (Å²) in [6, 6.07) is 10.0. The maximum atomic E-state index is 14.2. The first-order chi connectivity index (χ1) is 14.8. The molecule has 0 spiro atoms. The van der Waals surface area contributed by atoms with Crippen LogP contribution in [0.2, 0.25) is 0 Å². The Labute approximate surface area is 179 Å². The molecule has 1 aliphatic rings. The predicted molar refractivity (Wildman–Crippen MR) is 114 cm³/mol. The highest BCUT2D eigenvalue weighted by atomic mass is 19.1. The summed E-state index contributed by atoms with van der Waals surface area (Å²) >= 11 is 0. The van der Waals surface area contributed by atoms with E-state index in [1.165, 1.54) is 25.2 Å². The van der Waals surface area contributed by atoms with Gasteiger partial charge in [-0.15, -0.1) is 0 Å². The number of benzene rings is 1. The molecule has 3 heterocycles. The molecule has 0 unspecified atom stereocenters. The van der Waals surface area contributed by atoms with E-state index in [1.54, 1.807) is 16.6 Å². The number of nitrogens with one attached hydrogen (secondary N) is 1. The first-order valence-corrected chi connectivity index (χ1v) is 10.1. The van der Waals surface area contributed by atoms with Gasteiger partial charge >= 0.3 is 0 Å². The van der Waals surface area contributed by atoms with Crippen molar-refractivity contribution in [2.75, 3.05) is 20.1 Å². The normalized spacial score (nSPS) is 20.6. The van der Waals surface area contributed by atoms with E-state index in [1.807, 2.05) is 30.5 Å². The van der Waals surface area contributed by atoms with Crippen LogP contribution in [0.5, 0.6) is 0 Å². The molecule has 1 fully saturated rings. The zero-order valence-electron chi connectivity index (χ0n) is 17.5. The van der Waals surface area contributed by atoms with Gasteiger partial charge in [-0.05, 0) is 30.2 Å². The third kappa shape index (κ3) is 4.13. The van der Waals surface area contributed by atoms with E-state index < -0.39 is 23.5 Å². The van der Waals surface area contributed by atoms with Crippen molar-refractivity contribution in [1.82, 2.24) is 24.8 Å². The number of hydrogen-bond donors (Lipinski definition) is 2. The predicted octanol–water partition coefficient (Wildman–Crippen LogP) is 1.51. The molecule has 1 aromatic carbocycles. The summed E-state index contributed by atoms with van der Waals surface area (Å²) in [5.41, 5.74) is 8.04. The lowest BCUT2D eigenvalue weighted by molar-refractivity contribution is -0.135. The van der Waals surface area contributed by atoms with Crippen LogP contribution in [0, 0.1) is 0 Å². The van der Waals surface area contributed by atoms with E-state index in [4.69, 9.17) is 5.73 Å². The molecule has 4 rings (SSSR count). The van der Waals surface area contributed by atoms with Gasteiger partial charge in [0.05, 0.1) is 12.5 Å². The van der Waals surface area contributed by atoms with E-state index in [2.05, 4.69) is 15.4 Å². The van der Waals surface area contributed by atoms with E-state index in [0.29, 0.717) is 12.1 Å². The molecule has 8 nitrogen and oxygen atoms in total. The fraction of sp³-hybridized carbons (Fsp3) is 0.364. The number of nitrogens with two attached hydrogens (primary N) is 1. The molecule has 162 valence electrons. The van der Waals surface area contributed by atoms with Crippen LogP contribution in [-0.4, -0.2) is 63.2 Å². The smallest absolute Gasteiger partial charge is 0.240 e. The molecule has 2 amide bonds. The third-order valence-corrected chi connectivity index (χ3v) is 5.79. The van der Waals surface area contributed by atoms with Crippen molar-refractivity contribution >= 4 is 17.5 Å². The van der Waals surface area contributed by atoms with Gasteiger partial charge in [-0.2, -0.15) is 5.10 Å². The van der Waals surface area contributed by atoms with Gasteiger partial charge in [-0.25, -0.2) is 13.9 Å². The van der Waals surface area contributed by atoms with E-state index >= 15 is 0 Å². The molecule has 3 atom stereocenters. The average Bonchev–Trinajstić information content (AvgIpc) is 3.38. The first-order valence-electron chi connectivity index (χ1n) is 10.1. The number of nitrogens with zero attached hydrogens (tertiary/aromatic N) is 4. The molecule has 31 heavy (non-hydrogen) atoms. The Bertz CT molecular complexity index is 1110. The Morgan fingerprint density at radius 1 is 1.19 bits per heavy atom. The summed E-state index contributed by atoms with van der Waals surface area (Å²) in [6.07, 6.45) is 3.62. The van der Waals surface area contributed by atoms with Gasteiger partial charge in [-0.3, -0.25) is 9.59 Å². The molecule has 3 N–H and O–H groups in total. The number of pyridine rings is 1. The number of likely N-dealkylation sites (N-methyl/N-ethyl adjacent to an activating group) is 1. The van der Waals surface area contributed by atoms with Crippen LogP contribution >= 0.6 is 0 Å². The highest BCUT2D eigenvalue weighted by molar-refractivity contribution is 5.93. The Morgan fingerprint density at radius 2 is 1.90 bits per heavy atom. The number of carbonyl (C=O) groups excluding carboxylic acids is 2. The zero-order chi connectivity index (χ0) is 22.2. The van der Waals surface area contributed by atoms with Crippen LogP contribution in [0.15, 0.2) is 48.9 Å². The number of carbonyl (C=O) groups is 2. The second kappa shape index (κ2) is 8.07. The van der Waals surface area contributed by atoms with Gasteiger partial charge in [0, 0.05) is 31.8 Å². The zero-order valence-corrected chi connectivity index (χ0v) is 17.5. The molecule has 0 bridgehead atoms. The van der Waals surface area contributed by atoms with Crippen molar-refractivity contribution in [3.05, 3.63) is 54.5 Å². The summed E-state index contributed by atoms with van der Waals surface area (Å²) < 4.78 is 15.9. The number of halogens is 1. The second-order valence-electron chi connectivity index (χ2n) is 8.14. The molecule has 1 aliphatic heterocycles. The number of aromatic nitrogens is 3. The average molecular weight is 424 g/mol. The van der Waals surface area contributed by atoms with Crippen molar-refractivity contribution < 1.29 is 14.0 Å². The number of amides is 2. The van der Waals surface area contributed by atoms with E-state index in [-0.39, 0.29) is 18.9 Å². The standard InChI is InChI=1S/C22H25FN6O2/c1-22(23)9-10-28(12-22)21(31)19(24)18(20(30)25-2)15-5-3-14(4-6-15)16-7-8-17-26-13-27-29(17)11-16/h3-8,11,13,18-19H,9-10,12,24H2,1-2H3,(H,25,30)/t18-,19-,22-/m0/s1. The van der Waals surface area contributed by atoms with Gasteiger partial charge in [0.1, 0.15) is 18.0 Å². The lowest BCUT2D eigenvalue weighted by atomic mass is 9.89. The summed E-state index contributed by atoms with van der Waals surface area (Å²) in [5, 5.41) is 6.73. The number of likely N-dealkylation sites (tertiary alicyclic amines) is 1. The van der Waals surface area contributed by atoms with Crippen molar-refractivity contribution in [2.24, 2.45) is 5.73 Å². The van der Waals surface area contributed by atoms with Crippen LogP contribution < -0.4 is 11.1 Å². The minimum absolute atomic E-state index is 0.0102. The van der Waals surface area contributed by atoms with Crippen LogP contribution in [0.1, 0.15) is 24.8 Å². The van der Waals surface area contributed by atoms with Gasteiger partial charge in [-0.1, -0.05) is 24.3 Å². The largest absolute Gasteiger partial charge is 0.359 e. The topological polar surface area (TPSA) is 106 Å². The van der Waals surface area contributed by atoms with Gasteiger partial charge in [0.15, 0.2) is 5.65 Å². The van der Waals surface area contributed by atoms with Crippen LogP contribution in [0.25, 0.3) is 16.8 Å². The molecule has 9 heteroatoms. The van der Waals surface area contributed by atoms with Gasteiger partial charge < -0.3 is 16.0 Å². The summed E-state index contributed by atoms with van der Waals surface area (Å²) in [7, 11) is 1.50. The fourth-order valence-electron chi connectivity index (χ4n) is 4.01. The second-order valence-corrected chi connectivity index (χ2v) is 8.14. The van der Waals surface area contributed by atoms with Crippen molar-refractivity contribution in [1.29, 1.82) is 0 Å². The molecule has 3 aromatic rings. The summed E-state index contributed by atoms with van der Waals surface area (Å²) in [4.78, 5) is 31.0. The quantitative estimate of drug-likeness (QED) is 0.646. The molecular formula is C22H25FN6O2. The minimum Gasteiger partial charge on any atom is -0.359 e. The molecule has 0 saturated carbocycles.